The minimum absolute atomic E-state index is 0.156. The molecule has 13 heteroatoms. The van der Waals surface area contributed by atoms with Crippen LogP contribution in [-0.2, 0) is 14.4 Å². The Morgan fingerprint density at radius 2 is 1.83 bits per heavy atom. The lowest BCUT2D eigenvalue weighted by Crippen LogP contribution is -2.59. The Kier molecular flexibility index (Phi) is 7.33. The molecule has 2 aromatic rings. The van der Waals surface area contributed by atoms with Gasteiger partial charge in [0.1, 0.15) is 30.4 Å². The standard InChI is InChI=1S/C22H26F3N7O3/c1-21(2,3)17(31-20(35)22(23,24)25)19(34)29-13(8-12-4-5-12)18(33)30-14(9-26)16-15-6-7-27-10-32(15)11-28-16/h6-7,10-14,17H,4-5,8H2,1-3H3,(H,29,34)(H,30,33)(H,31,35). The van der Waals surface area contributed by atoms with Crippen LogP contribution in [0.5, 0.6) is 0 Å². The van der Waals surface area contributed by atoms with E-state index in [1.807, 2.05) is 6.07 Å². The van der Waals surface area contributed by atoms with E-state index in [9.17, 15) is 32.8 Å². The van der Waals surface area contributed by atoms with Crippen LogP contribution in [-0.4, -0.2) is 50.4 Å². The lowest BCUT2D eigenvalue weighted by atomic mass is 9.85. The summed E-state index contributed by atoms with van der Waals surface area (Å²) in [5.41, 5.74) is -0.244. The highest BCUT2D eigenvalue weighted by Crippen LogP contribution is 2.34. The number of alkyl halides is 3. The van der Waals surface area contributed by atoms with Crippen LogP contribution >= 0.6 is 0 Å². The summed E-state index contributed by atoms with van der Waals surface area (Å²) in [5.74, 6) is -3.70. The van der Waals surface area contributed by atoms with Crippen molar-refractivity contribution in [2.24, 2.45) is 11.3 Å². The Morgan fingerprint density at radius 3 is 2.40 bits per heavy atom. The Bertz CT molecular complexity index is 1150. The van der Waals surface area contributed by atoms with Crippen LogP contribution in [0.3, 0.4) is 0 Å². The fourth-order valence-electron chi connectivity index (χ4n) is 3.56. The monoisotopic (exact) mass is 493 g/mol. The van der Waals surface area contributed by atoms with Crippen LogP contribution in [0.1, 0.15) is 51.8 Å². The molecule has 3 amide bonds. The molecule has 3 unspecified atom stereocenters. The fourth-order valence-corrected chi connectivity index (χ4v) is 3.56. The van der Waals surface area contributed by atoms with Gasteiger partial charge in [-0.2, -0.15) is 18.4 Å². The molecule has 0 bridgehead atoms. The maximum Gasteiger partial charge on any atom is 0.471 e. The third-order valence-electron chi connectivity index (χ3n) is 5.62. The van der Waals surface area contributed by atoms with Crippen molar-refractivity contribution in [1.29, 1.82) is 5.26 Å². The molecule has 0 spiro atoms. The number of fused-ring (bicyclic) bond motifs is 1. The van der Waals surface area contributed by atoms with E-state index < -0.39 is 47.4 Å². The number of aromatic nitrogens is 3. The van der Waals surface area contributed by atoms with Crippen molar-refractivity contribution in [1.82, 2.24) is 30.3 Å². The molecule has 1 fully saturated rings. The zero-order valence-corrected chi connectivity index (χ0v) is 19.4. The number of halogens is 3. The lowest BCUT2D eigenvalue weighted by molar-refractivity contribution is -0.175. The number of carbonyl (C=O) groups excluding carboxylic acids is 3. The van der Waals surface area contributed by atoms with Gasteiger partial charge in [-0.05, 0) is 23.8 Å². The van der Waals surface area contributed by atoms with Crippen LogP contribution < -0.4 is 16.0 Å². The zero-order valence-electron chi connectivity index (χ0n) is 19.4. The van der Waals surface area contributed by atoms with Crippen molar-refractivity contribution in [3.05, 3.63) is 30.6 Å². The van der Waals surface area contributed by atoms with Gasteiger partial charge in [-0.15, -0.1) is 0 Å². The molecular weight excluding hydrogens is 467 g/mol. The number of imidazole rings is 1. The molecule has 0 aliphatic heterocycles. The van der Waals surface area contributed by atoms with Crippen molar-refractivity contribution in [2.75, 3.05) is 0 Å². The molecule has 1 saturated carbocycles. The topological polar surface area (TPSA) is 141 Å². The highest BCUT2D eigenvalue weighted by molar-refractivity contribution is 5.93. The number of rotatable bonds is 8. The van der Waals surface area contributed by atoms with Crippen LogP contribution in [0, 0.1) is 22.7 Å². The van der Waals surface area contributed by atoms with Gasteiger partial charge in [-0.1, -0.05) is 33.6 Å². The van der Waals surface area contributed by atoms with Crippen molar-refractivity contribution in [3.63, 3.8) is 0 Å². The molecule has 0 saturated heterocycles. The number of nitrogens with one attached hydrogen (secondary N) is 3. The number of nitrogens with zero attached hydrogens (tertiary/aromatic N) is 4. The molecule has 10 nitrogen and oxygen atoms in total. The van der Waals surface area contributed by atoms with E-state index in [1.54, 1.807) is 15.8 Å². The number of hydrogen-bond donors (Lipinski definition) is 3. The Hall–Kier alpha value is -3.69. The average molecular weight is 493 g/mol. The maximum absolute atomic E-state index is 13.1. The largest absolute Gasteiger partial charge is 0.471 e. The number of hydrogen-bond acceptors (Lipinski definition) is 6. The van der Waals surface area contributed by atoms with Gasteiger partial charge in [-0.25, -0.2) is 9.97 Å². The first kappa shape index (κ1) is 25.9. The van der Waals surface area contributed by atoms with Crippen molar-refractivity contribution < 1.29 is 27.6 Å². The maximum atomic E-state index is 13.1. The van der Waals surface area contributed by atoms with E-state index in [0.717, 1.165) is 12.8 Å². The summed E-state index contributed by atoms with van der Waals surface area (Å²) in [4.78, 5) is 45.7. The summed E-state index contributed by atoms with van der Waals surface area (Å²) in [6.45, 7) is 4.48. The highest BCUT2D eigenvalue weighted by atomic mass is 19.4. The Morgan fingerprint density at radius 1 is 1.14 bits per heavy atom. The van der Waals surface area contributed by atoms with Gasteiger partial charge < -0.3 is 16.0 Å². The summed E-state index contributed by atoms with van der Waals surface area (Å²) >= 11 is 0. The molecule has 188 valence electrons. The van der Waals surface area contributed by atoms with E-state index in [4.69, 9.17) is 0 Å². The van der Waals surface area contributed by atoms with Crippen molar-refractivity contribution in [2.45, 2.75) is 64.3 Å². The molecule has 1 aliphatic carbocycles. The van der Waals surface area contributed by atoms with Crippen LogP contribution in [0.15, 0.2) is 24.9 Å². The molecule has 3 N–H and O–H groups in total. The van der Waals surface area contributed by atoms with Gasteiger partial charge in [-0.3, -0.25) is 18.8 Å². The highest BCUT2D eigenvalue weighted by Gasteiger charge is 2.44. The summed E-state index contributed by atoms with van der Waals surface area (Å²) in [6, 6.07) is -0.216. The Balaban J connectivity index is 1.78. The summed E-state index contributed by atoms with van der Waals surface area (Å²) in [7, 11) is 0. The van der Waals surface area contributed by atoms with Gasteiger partial charge >= 0.3 is 12.1 Å². The molecule has 3 atom stereocenters. The van der Waals surface area contributed by atoms with Gasteiger partial charge in [0, 0.05) is 6.20 Å². The Labute approximate surface area is 199 Å². The van der Waals surface area contributed by atoms with E-state index in [1.165, 1.54) is 39.6 Å². The molecular formula is C22H26F3N7O3. The number of amides is 3. The lowest BCUT2D eigenvalue weighted by Gasteiger charge is -2.32. The van der Waals surface area contributed by atoms with E-state index in [-0.39, 0.29) is 18.0 Å². The van der Waals surface area contributed by atoms with Crippen LogP contribution in [0.2, 0.25) is 0 Å². The van der Waals surface area contributed by atoms with Crippen LogP contribution in [0.25, 0.3) is 5.52 Å². The van der Waals surface area contributed by atoms with E-state index in [0.29, 0.717) is 5.52 Å². The molecule has 2 aromatic heterocycles. The summed E-state index contributed by atoms with van der Waals surface area (Å²) < 4.78 is 40.0. The SMILES string of the molecule is CC(C)(C)C(NC(=O)C(F)(F)F)C(=O)NC(CC1CC1)C(=O)NC(C#N)c1ncn2cnccc12. The third kappa shape index (κ3) is 6.46. The van der Waals surface area contributed by atoms with Crippen molar-refractivity contribution in [3.8, 4) is 6.07 Å². The van der Waals surface area contributed by atoms with Crippen LogP contribution in [0.4, 0.5) is 13.2 Å². The zero-order chi connectivity index (χ0) is 26.0. The second-order valence-electron chi connectivity index (χ2n) is 9.58. The minimum Gasteiger partial charge on any atom is -0.342 e. The molecule has 2 heterocycles. The quantitative estimate of drug-likeness (QED) is 0.512. The van der Waals surface area contributed by atoms with Gasteiger partial charge in [0.2, 0.25) is 11.8 Å². The van der Waals surface area contributed by atoms with E-state index >= 15 is 0 Å². The molecule has 0 radical (unpaired) electrons. The second kappa shape index (κ2) is 9.89. The number of carbonyl (C=O) groups is 3. The van der Waals surface area contributed by atoms with Gasteiger partial charge in [0.25, 0.3) is 0 Å². The third-order valence-corrected chi connectivity index (χ3v) is 5.62. The summed E-state index contributed by atoms with van der Waals surface area (Å²) in [5, 5.41) is 16.4. The van der Waals surface area contributed by atoms with Crippen molar-refractivity contribution >= 4 is 23.2 Å². The van der Waals surface area contributed by atoms with Gasteiger partial charge in [0.05, 0.1) is 11.6 Å². The van der Waals surface area contributed by atoms with E-state index in [2.05, 4.69) is 20.6 Å². The predicted molar refractivity (Wildman–Crippen MR) is 116 cm³/mol. The summed E-state index contributed by atoms with van der Waals surface area (Å²) in [6.07, 6.45) is 1.19. The minimum atomic E-state index is -5.17. The molecule has 35 heavy (non-hydrogen) atoms. The second-order valence-corrected chi connectivity index (χ2v) is 9.58. The first-order valence-electron chi connectivity index (χ1n) is 11.0. The van der Waals surface area contributed by atoms with Gasteiger partial charge in [0.15, 0.2) is 6.04 Å². The fraction of sp³-hybridized carbons (Fsp3) is 0.545. The average Bonchev–Trinajstić information content (AvgIpc) is 3.49. The number of nitriles is 1. The smallest absolute Gasteiger partial charge is 0.342 e. The first-order valence-corrected chi connectivity index (χ1v) is 11.0. The molecule has 3 rings (SSSR count). The first-order chi connectivity index (χ1) is 16.3. The predicted octanol–water partition coefficient (Wildman–Crippen LogP) is 1.79. The molecule has 0 aromatic carbocycles. The molecule has 1 aliphatic rings. The normalized spacial score (nSPS) is 16.6.